The molecule has 1 aromatic rings. The van der Waals surface area contributed by atoms with Crippen LogP contribution in [0.3, 0.4) is 0 Å². The van der Waals surface area contributed by atoms with Gasteiger partial charge in [0.05, 0.1) is 13.2 Å². The van der Waals surface area contributed by atoms with Crippen LogP contribution in [0.25, 0.3) is 5.57 Å². The van der Waals surface area contributed by atoms with Crippen molar-refractivity contribution in [1.29, 1.82) is 0 Å². The predicted octanol–water partition coefficient (Wildman–Crippen LogP) is 4.53. The molecule has 2 aliphatic carbocycles. The second-order valence-electron chi connectivity index (χ2n) is 9.06. The molecule has 0 amide bonds. The van der Waals surface area contributed by atoms with Crippen LogP contribution in [-0.2, 0) is 0 Å². The van der Waals surface area contributed by atoms with Crippen LogP contribution in [0.5, 0.6) is 5.75 Å². The van der Waals surface area contributed by atoms with Crippen LogP contribution < -0.4 is 4.74 Å². The highest BCUT2D eigenvalue weighted by Crippen LogP contribution is 2.49. The van der Waals surface area contributed by atoms with E-state index in [1.165, 1.54) is 36.8 Å². The van der Waals surface area contributed by atoms with Gasteiger partial charge in [0.25, 0.3) is 0 Å². The average Bonchev–Trinajstić information content (AvgIpc) is 3.62. The molecule has 4 aliphatic rings. The zero-order valence-corrected chi connectivity index (χ0v) is 18.3. The first-order valence-electron chi connectivity index (χ1n) is 11.1. The Morgan fingerprint density at radius 1 is 1.17 bits per heavy atom. The molecule has 1 aromatic carbocycles. The number of methoxy groups -OCH3 is 1. The quantitative estimate of drug-likeness (QED) is 0.714. The maximum Gasteiger partial charge on any atom is 0.154 e. The number of fused-ring (bicyclic) bond motifs is 1. The Labute approximate surface area is 174 Å². The largest absolute Gasteiger partial charge is 0.496 e. The summed E-state index contributed by atoms with van der Waals surface area (Å²) in [4.78, 5) is 8.25. The molecule has 0 radical (unpaired) electrons. The van der Waals surface area contributed by atoms with E-state index < -0.39 is 0 Å². The number of nitrogens with zero attached hydrogens (tertiary/aromatic N) is 4. The van der Waals surface area contributed by atoms with Crippen LogP contribution in [0.4, 0.5) is 0 Å². The number of allylic oxidation sites excluding steroid dienone is 1. The van der Waals surface area contributed by atoms with Gasteiger partial charge in [0.1, 0.15) is 11.4 Å². The third-order valence-electron chi connectivity index (χ3n) is 7.01. The monoisotopic (exact) mass is 392 g/mol. The molecule has 2 unspecified atom stereocenters. The fourth-order valence-electron chi connectivity index (χ4n) is 5.40. The first kappa shape index (κ1) is 18.9. The van der Waals surface area contributed by atoms with Crippen LogP contribution in [0.15, 0.2) is 28.3 Å². The Morgan fingerprint density at radius 3 is 2.45 bits per heavy atom. The summed E-state index contributed by atoms with van der Waals surface area (Å²) < 4.78 is 5.79. The molecule has 5 nitrogen and oxygen atoms in total. The highest BCUT2D eigenvalue weighted by Gasteiger charge is 2.57. The molecular weight excluding hydrogens is 360 g/mol. The molecule has 154 valence electrons. The van der Waals surface area contributed by atoms with E-state index in [2.05, 4.69) is 55.8 Å². The van der Waals surface area contributed by atoms with E-state index in [4.69, 9.17) is 14.8 Å². The van der Waals surface area contributed by atoms with Crippen molar-refractivity contribution in [2.24, 2.45) is 10.1 Å². The molecule has 2 fully saturated rings. The Kier molecular flexibility index (Phi) is 4.35. The third-order valence-corrected chi connectivity index (χ3v) is 7.01. The van der Waals surface area contributed by atoms with Gasteiger partial charge >= 0.3 is 0 Å². The molecule has 2 atom stereocenters. The van der Waals surface area contributed by atoms with Crippen molar-refractivity contribution in [3.05, 3.63) is 34.9 Å². The summed E-state index contributed by atoms with van der Waals surface area (Å²) in [5.74, 6) is 1.91. The molecule has 0 aromatic heterocycles. The fourth-order valence-corrected chi connectivity index (χ4v) is 5.40. The van der Waals surface area contributed by atoms with Crippen molar-refractivity contribution in [2.75, 3.05) is 7.11 Å². The summed E-state index contributed by atoms with van der Waals surface area (Å²) in [6.45, 7) is 8.87. The lowest BCUT2D eigenvalue weighted by Crippen LogP contribution is -2.57. The van der Waals surface area contributed by atoms with Crippen molar-refractivity contribution in [3.63, 3.8) is 0 Å². The Balaban J connectivity index is 1.63. The lowest BCUT2D eigenvalue weighted by molar-refractivity contribution is 0.0319. The zero-order chi connectivity index (χ0) is 20.3. The van der Waals surface area contributed by atoms with Crippen LogP contribution in [0.2, 0.25) is 0 Å². The number of amidine groups is 1. The molecule has 0 bridgehead atoms. The summed E-state index contributed by atoms with van der Waals surface area (Å²) >= 11 is 0. The topological polar surface area (TPSA) is 40.4 Å². The standard InChI is InChI=1S/C24H32N4O/c1-6-24(27(18-7-8-18)19-9-10-19)17(4)28-23(26-24)20(11-12-25-28)22-16(3)13-15(2)14-21(22)29-5/h11-14,17-19H,6-10H2,1-5H3. The van der Waals surface area contributed by atoms with E-state index in [0.29, 0.717) is 12.1 Å². The molecule has 0 spiro atoms. The normalized spacial score (nSPS) is 28.5. The molecule has 2 saturated carbocycles. The Hall–Kier alpha value is -2.14. The van der Waals surface area contributed by atoms with E-state index in [9.17, 15) is 0 Å². The number of hydrogen-bond donors (Lipinski definition) is 0. The van der Waals surface area contributed by atoms with Gasteiger partial charge in [0.15, 0.2) is 5.84 Å². The average molecular weight is 393 g/mol. The number of hydrazone groups is 1. The lowest BCUT2D eigenvalue weighted by atomic mass is 9.95. The number of aliphatic imine (C=N–C) groups is 1. The van der Waals surface area contributed by atoms with E-state index >= 15 is 0 Å². The van der Waals surface area contributed by atoms with E-state index in [1.807, 2.05) is 6.21 Å². The Bertz CT molecular complexity index is 913. The summed E-state index contributed by atoms with van der Waals surface area (Å²) in [6.07, 6.45) is 10.3. The number of aryl methyl sites for hydroxylation is 2. The van der Waals surface area contributed by atoms with E-state index in [1.54, 1.807) is 7.11 Å². The molecule has 2 heterocycles. The second kappa shape index (κ2) is 6.69. The zero-order valence-electron chi connectivity index (χ0n) is 18.3. The molecule has 0 N–H and O–H groups in total. The van der Waals surface area contributed by atoms with E-state index in [-0.39, 0.29) is 11.7 Å². The van der Waals surface area contributed by atoms with Crippen LogP contribution in [-0.4, -0.2) is 52.9 Å². The second-order valence-corrected chi connectivity index (χ2v) is 9.06. The summed E-state index contributed by atoms with van der Waals surface area (Å²) in [5, 5.41) is 6.93. The molecule has 5 heteroatoms. The van der Waals surface area contributed by atoms with Gasteiger partial charge in [0.2, 0.25) is 0 Å². The van der Waals surface area contributed by atoms with E-state index in [0.717, 1.165) is 29.1 Å². The van der Waals surface area contributed by atoms with Crippen molar-refractivity contribution >= 4 is 17.6 Å². The molecule has 5 rings (SSSR count). The molecular formula is C24H32N4O. The van der Waals surface area contributed by atoms with Gasteiger partial charge in [-0.25, -0.2) is 10.0 Å². The van der Waals surface area contributed by atoms with Crippen molar-refractivity contribution in [1.82, 2.24) is 9.91 Å². The van der Waals surface area contributed by atoms with Gasteiger partial charge in [0, 0.05) is 29.4 Å². The molecule has 2 aliphatic heterocycles. The van der Waals surface area contributed by atoms with Crippen LogP contribution in [0.1, 0.15) is 62.6 Å². The minimum absolute atomic E-state index is 0.190. The maximum absolute atomic E-state index is 5.79. The van der Waals surface area contributed by atoms with Crippen LogP contribution >= 0.6 is 0 Å². The van der Waals surface area contributed by atoms with Gasteiger partial charge in [-0.2, -0.15) is 5.10 Å². The van der Waals surface area contributed by atoms with Crippen molar-refractivity contribution < 1.29 is 4.74 Å². The third kappa shape index (κ3) is 2.85. The number of rotatable bonds is 6. The number of ether oxygens (including phenoxy) is 1. The fraction of sp³-hybridized carbons (Fsp3) is 0.583. The predicted molar refractivity (Wildman–Crippen MR) is 119 cm³/mol. The number of benzene rings is 1. The minimum Gasteiger partial charge on any atom is -0.496 e. The summed E-state index contributed by atoms with van der Waals surface area (Å²) in [6, 6.07) is 5.96. The van der Waals surface area contributed by atoms with Crippen molar-refractivity contribution in [2.45, 2.75) is 83.6 Å². The van der Waals surface area contributed by atoms with Crippen molar-refractivity contribution in [3.8, 4) is 5.75 Å². The van der Waals surface area contributed by atoms with Gasteiger partial charge in [-0.3, -0.25) is 4.90 Å². The SMILES string of the molecule is CCC1(N(C2CC2)C2CC2)N=C2C(c3c(C)cc(C)cc3OC)=CC=NN2C1C. The molecule has 0 saturated heterocycles. The highest BCUT2D eigenvalue weighted by molar-refractivity contribution is 6.28. The van der Waals surface area contributed by atoms with Crippen LogP contribution in [0, 0.1) is 13.8 Å². The summed E-state index contributed by atoms with van der Waals surface area (Å²) in [5.41, 5.74) is 4.50. The first-order chi connectivity index (χ1) is 14.0. The minimum atomic E-state index is -0.190. The number of hydrogen-bond acceptors (Lipinski definition) is 5. The Morgan fingerprint density at radius 2 is 1.86 bits per heavy atom. The van der Waals surface area contributed by atoms with Gasteiger partial charge in [-0.15, -0.1) is 0 Å². The smallest absolute Gasteiger partial charge is 0.154 e. The highest BCUT2D eigenvalue weighted by atomic mass is 16.5. The maximum atomic E-state index is 5.79. The first-order valence-corrected chi connectivity index (χ1v) is 11.1. The molecule has 29 heavy (non-hydrogen) atoms. The lowest BCUT2D eigenvalue weighted by Gasteiger charge is -2.43. The van der Waals surface area contributed by atoms with Gasteiger partial charge in [-0.05, 0) is 76.1 Å². The van der Waals surface area contributed by atoms with Gasteiger partial charge in [-0.1, -0.05) is 13.0 Å². The van der Waals surface area contributed by atoms with Gasteiger partial charge < -0.3 is 4.74 Å². The summed E-state index contributed by atoms with van der Waals surface area (Å²) in [7, 11) is 1.75.